The van der Waals surface area contributed by atoms with Gasteiger partial charge in [-0.2, -0.15) is 0 Å². The van der Waals surface area contributed by atoms with E-state index in [0.717, 1.165) is 12.8 Å². The van der Waals surface area contributed by atoms with Crippen molar-refractivity contribution in [2.75, 3.05) is 5.73 Å². The van der Waals surface area contributed by atoms with Gasteiger partial charge in [0.2, 0.25) is 0 Å². The molecule has 0 radical (unpaired) electrons. The Morgan fingerprint density at radius 3 is 2.78 bits per heavy atom. The molecule has 1 aromatic rings. The number of unbranched alkanes of at least 4 members (excludes halogenated alkanes) is 2. The third-order valence-corrected chi connectivity index (χ3v) is 2.91. The molecule has 1 atom stereocenters. The van der Waals surface area contributed by atoms with Crippen molar-refractivity contribution in [3.8, 4) is 5.75 Å². The highest BCUT2D eigenvalue weighted by Gasteiger charge is 2.10. The summed E-state index contributed by atoms with van der Waals surface area (Å²) < 4.78 is 0. The normalized spacial score (nSPS) is 12.1. The van der Waals surface area contributed by atoms with Gasteiger partial charge >= 0.3 is 0 Å². The number of benzene rings is 1. The number of amides is 1. The number of hydrogen-bond acceptors (Lipinski definition) is 3. The zero-order chi connectivity index (χ0) is 13.5. The van der Waals surface area contributed by atoms with Gasteiger partial charge in [0, 0.05) is 11.6 Å². The molecular formula is C14H22N2O2. The number of nitrogens with two attached hydrogens (primary N) is 1. The van der Waals surface area contributed by atoms with Gasteiger partial charge in [0.15, 0.2) is 0 Å². The van der Waals surface area contributed by atoms with Gasteiger partial charge in [0.25, 0.3) is 5.91 Å². The fourth-order valence-corrected chi connectivity index (χ4v) is 1.76. The fourth-order valence-electron chi connectivity index (χ4n) is 1.76. The average Bonchev–Trinajstić information content (AvgIpc) is 2.33. The summed E-state index contributed by atoms with van der Waals surface area (Å²) in [6, 6.07) is 4.68. The number of nitrogen functional groups attached to an aromatic ring is 1. The number of anilines is 1. The average molecular weight is 250 g/mol. The highest BCUT2D eigenvalue weighted by Crippen LogP contribution is 2.20. The molecule has 0 aliphatic carbocycles. The Morgan fingerprint density at radius 1 is 1.44 bits per heavy atom. The molecule has 4 nitrogen and oxygen atoms in total. The lowest BCUT2D eigenvalue weighted by Gasteiger charge is -2.14. The highest BCUT2D eigenvalue weighted by atomic mass is 16.3. The second-order valence-corrected chi connectivity index (χ2v) is 4.64. The summed E-state index contributed by atoms with van der Waals surface area (Å²) in [6.07, 6.45) is 4.45. The lowest BCUT2D eigenvalue weighted by atomic mass is 10.1. The van der Waals surface area contributed by atoms with Gasteiger partial charge in [-0.1, -0.05) is 26.2 Å². The Kier molecular flexibility index (Phi) is 5.49. The van der Waals surface area contributed by atoms with Gasteiger partial charge in [0.05, 0.1) is 5.69 Å². The van der Waals surface area contributed by atoms with Crippen molar-refractivity contribution >= 4 is 11.6 Å². The Morgan fingerprint density at radius 2 is 2.17 bits per heavy atom. The van der Waals surface area contributed by atoms with E-state index >= 15 is 0 Å². The topological polar surface area (TPSA) is 75.4 Å². The van der Waals surface area contributed by atoms with Crippen LogP contribution >= 0.6 is 0 Å². The SMILES string of the molecule is CCCCCC(C)NC(=O)c1ccc(N)c(O)c1. The van der Waals surface area contributed by atoms with Crippen molar-refractivity contribution in [1.82, 2.24) is 5.32 Å². The quantitative estimate of drug-likeness (QED) is 0.413. The van der Waals surface area contributed by atoms with Crippen molar-refractivity contribution in [1.29, 1.82) is 0 Å². The molecule has 0 bridgehead atoms. The van der Waals surface area contributed by atoms with E-state index in [1.807, 2.05) is 6.92 Å². The molecule has 18 heavy (non-hydrogen) atoms. The molecular weight excluding hydrogens is 228 g/mol. The van der Waals surface area contributed by atoms with Crippen molar-refractivity contribution in [3.05, 3.63) is 23.8 Å². The summed E-state index contributed by atoms with van der Waals surface area (Å²) in [4.78, 5) is 11.9. The zero-order valence-electron chi connectivity index (χ0n) is 11.1. The molecule has 0 saturated heterocycles. The van der Waals surface area contributed by atoms with E-state index in [2.05, 4.69) is 12.2 Å². The first kappa shape index (κ1) is 14.4. The van der Waals surface area contributed by atoms with Crippen molar-refractivity contribution in [2.24, 2.45) is 0 Å². The van der Waals surface area contributed by atoms with Crippen LogP contribution in [-0.4, -0.2) is 17.1 Å². The van der Waals surface area contributed by atoms with E-state index in [9.17, 15) is 9.90 Å². The summed E-state index contributed by atoms with van der Waals surface area (Å²) in [7, 11) is 0. The first-order valence-electron chi connectivity index (χ1n) is 6.44. The Hall–Kier alpha value is -1.71. The van der Waals surface area contributed by atoms with E-state index in [1.165, 1.54) is 25.0 Å². The van der Waals surface area contributed by atoms with E-state index in [4.69, 9.17) is 5.73 Å². The molecule has 4 heteroatoms. The number of phenols is 1. The van der Waals surface area contributed by atoms with Crippen LogP contribution in [0.15, 0.2) is 18.2 Å². The molecule has 1 amide bonds. The number of nitrogens with one attached hydrogen (secondary N) is 1. The van der Waals surface area contributed by atoms with Gasteiger partial charge in [-0.15, -0.1) is 0 Å². The molecule has 0 aromatic heterocycles. The van der Waals surface area contributed by atoms with Crippen LogP contribution in [0.1, 0.15) is 49.9 Å². The van der Waals surface area contributed by atoms with E-state index < -0.39 is 0 Å². The van der Waals surface area contributed by atoms with Crippen LogP contribution in [0.2, 0.25) is 0 Å². The smallest absolute Gasteiger partial charge is 0.251 e. The number of phenolic OH excluding ortho intramolecular Hbond substituents is 1. The fraction of sp³-hybridized carbons (Fsp3) is 0.500. The minimum absolute atomic E-state index is 0.0544. The van der Waals surface area contributed by atoms with Crippen LogP contribution in [0, 0.1) is 0 Å². The van der Waals surface area contributed by atoms with Gasteiger partial charge < -0.3 is 16.2 Å². The van der Waals surface area contributed by atoms with E-state index in [0.29, 0.717) is 5.56 Å². The number of rotatable bonds is 6. The number of hydrogen-bond donors (Lipinski definition) is 3. The number of carbonyl (C=O) groups is 1. The zero-order valence-corrected chi connectivity index (χ0v) is 11.1. The standard InChI is InChI=1S/C14H22N2O2/c1-3-4-5-6-10(2)16-14(18)11-7-8-12(15)13(17)9-11/h7-10,17H,3-6,15H2,1-2H3,(H,16,18). The first-order chi connectivity index (χ1) is 8.54. The van der Waals surface area contributed by atoms with Gasteiger partial charge in [-0.3, -0.25) is 4.79 Å². The second-order valence-electron chi connectivity index (χ2n) is 4.64. The van der Waals surface area contributed by atoms with E-state index in [-0.39, 0.29) is 23.4 Å². The third-order valence-electron chi connectivity index (χ3n) is 2.91. The molecule has 0 saturated carbocycles. The maximum Gasteiger partial charge on any atom is 0.251 e. The molecule has 0 aliphatic heterocycles. The van der Waals surface area contributed by atoms with Crippen LogP contribution in [0.4, 0.5) is 5.69 Å². The monoisotopic (exact) mass is 250 g/mol. The molecule has 1 aromatic carbocycles. The molecule has 0 aliphatic rings. The van der Waals surface area contributed by atoms with Crippen molar-refractivity contribution in [3.63, 3.8) is 0 Å². The van der Waals surface area contributed by atoms with Crippen molar-refractivity contribution < 1.29 is 9.90 Å². The van der Waals surface area contributed by atoms with Gasteiger partial charge in [-0.25, -0.2) is 0 Å². The Labute approximate surface area is 108 Å². The molecule has 1 unspecified atom stereocenters. The predicted octanol–water partition coefficient (Wildman–Crippen LogP) is 2.67. The molecule has 0 spiro atoms. The molecule has 100 valence electrons. The van der Waals surface area contributed by atoms with E-state index in [1.54, 1.807) is 6.07 Å². The lowest BCUT2D eigenvalue weighted by molar-refractivity contribution is 0.0937. The van der Waals surface area contributed by atoms with Crippen molar-refractivity contribution in [2.45, 2.75) is 45.6 Å². The summed E-state index contributed by atoms with van der Waals surface area (Å²) in [6.45, 7) is 4.14. The second kappa shape index (κ2) is 6.89. The van der Waals surface area contributed by atoms with Crippen LogP contribution in [-0.2, 0) is 0 Å². The summed E-state index contributed by atoms with van der Waals surface area (Å²) in [5, 5.41) is 12.4. The first-order valence-corrected chi connectivity index (χ1v) is 6.44. The summed E-state index contributed by atoms with van der Waals surface area (Å²) >= 11 is 0. The maximum atomic E-state index is 11.9. The third kappa shape index (κ3) is 4.28. The highest BCUT2D eigenvalue weighted by molar-refractivity contribution is 5.95. The van der Waals surface area contributed by atoms with Crippen LogP contribution in [0.5, 0.6) is 5.75 Å². The largest absolute Gasteiger partial charge is 0.506 e. The van der Waals surface area contributed by atoms with Crippen LogP contribution in [0.3, 0.4) is 0 Å². The minimum atomic E-state index is -0.172. The molecule has 4 N–H and O–H groups in total. The van der Waals surface area contributed by atoms with Crippen LogP contribution in [0.25, 0.3) is 0 Å². The predicted molar refractivity (Wildman–Crippen MR) is 73.6 cm³/mol. The Balaban J connectivity index is 2.51. The molecule has 0 heterocycles. The molecule has 0 fully saturated rings. The Bertz CT molecular complexity index is 405. The number of carbonyl (C=O) groups excluding carboxylic acids is 1. The minimum Gasteiger partial charge on any atom is -0.506 e. The van der Waals surface area contributed by atoms with Crippen LogP contribution < -0.4 is 11.1 Å². The summed E-state index contributed by atoms with van der Waals surface area (Å²) in [5.41, 5.74) is 6.20. The number of aromatic hydroxyl groups is 1. The lowest BCUT2D eigenvalue weighted by Crippen LogP contribution is -2.32. The van der Waals surface area contributed by atoms with Gasteiger partial charge in [-0.05, 0) is 31.5 Å². The van der Waals surface area contributed by atoms with Gasteiger partial charge in [0.1, 0.15) is 5.75 Å². The summed E-state index contributed by atoms with van der Waals surface area (Å²) in [5.74, 6) is -0.226. The molecule has 1 rings (SSSR count). The maximum absolute atomic E-state index is 11.9.